The van der Waals surface area contributed by atoms with Gasteiger partial charge < -0.3 is 15.0 Å². The van der Waals surface area contributed by atoms with Crippen LogP contribution in [-0.4, -0.2) is 50.9 Å². The van der Waals surface area contributed by atoms with Crippen LogP contribution in [0.1, 0.15) is 54.4 Å². The Bertz CT molecular complexity index is 1790. The number of methoxy groups -OCH3 is 1. The number of hydrogen-bond donors (Lipinski definition) is 1. The Kier molecular flexibility index (Phi) is 11.5. The van der Waals surface area contributed by atoms with Crippen LogP contribution in [0.2, 0.25) is 0 Å². The molecule has 0 heterocycles. The maximum absolute atomic E-state index is 14.7. The summed E-state index contributed by atoms with van der Waals surface area (Å²) in [6, 6.07) is 29.8. The first kappa shape index (κ1) is 34.7. The molecule has 1 saturated carbocycles. The van der Waals surface area contributed by atoms with E-state index in [9.17, 15) is 18.0 Å². The molecule has 252 valence electrons. The number of carbonyl (C=O) groups is 2. The summed E-state index contributed by atoms with van der Waals surface area (Å²) in [6.07, 6.45) is 5.29. The predicted molar refractivity (Wildman–Crippen MR) is 189 cm³/mol. The molecular formula is C39H45N3O5S. The molecule has 0 radical (unpaired) electrons. The van der Waals surface area contributed by atoms with Crippen molar-refractivity contribution in [3.63, 3.8) is 0 Å². The van der Waals surface area contributed by atoms with Crippen molar-refractivity contribution in [2.24, 2.45) is 0 Å². The van der Waals surface area contributed by atoms with Crippen molar-refractivity contribution in [2.45, 2.75) is 75.9 Å². The number of hydrogen-bond acceptors (Lipinski definition) is 5. The minimum absolute atomic E-state index is 0.0315. The van der Waals surface area contributed by atoms with Crippen molar-refractivity contribution >= 4 is 27.5 Å². The number of benzene rings is 4. The van der Waals surface area contributed by atoms with Crippen LogP contribution in [0.25, 0.3) is 0 Å². The molecule has 2 amide bonds. The largest absolute Gasteiger partial charge is 0.497 e. The van der Waals surface area contributed by atoms with Gasteiger partial charge in [-0.2, -0.15) is 0 Å². The molecule has 4 aromatic rings. The zero-order chi connectivity index (χ0) is 34.1. The average Bonchev–Trinajstić information content (AvgIpc) is 3.09. The zero-order valence-electron chi connectivity index (χ0n) is 28.0. The molecule has 0 unspecified atom stereocenters. The van der Waals surface area contributed by atoms with Gasteiger partial charge in [-0.3, -0.25) is 13.9 Å². The van der Waals surface area contributed by atoms with Crippen molar-refractivity contribution in [3.8, 4) is 5.75 Å². The highest BCUT2D eigenvalue weighted by atomic mass is 32.2. The van der Waals surface area contributed by atoms with Crippen molar-refractivity contribution in [1.82, 2.24) is 10.2 Å². The molecule has 0 aliphatic heterocycles. The summed E-state index contributed by atoms with van der Waals surface area (Å²) < 4.78 is 35.2. The Balaban J connectivity index is 1.57. The van der Waals surface area contributed by atoms with Crippen molar-refractivity contribution in [1.29, 1.82) is 0 Å². The fourth-order valence-corrected chi connectivity index (χ4v) is 7.62. The maximum atomic E-state index is 14.7. The fourth-order valence-electron chi connectivity index (χ4n) is 6.22. The third-order valence-corrected chi connectivity index (χ3v) is 10.7. The van der Waals surface area contributed by atoms with Gasteiger partial charge in [0.15, 0.2) is 0 Å². The highest BCUT2D eigenvalue weighted by Gasteiger charge is 2.35. The van der Waals surface area contributed by atoms with Crippen molar-refractivity contribution < 1.29 is 22.7 Å². The molecule has 5 rings (SSSR count). The number of rotatable bonds is 13. The van der Waals surface area contributed by atoms with Gasteiger partial charge >= 0.3 is 0 Å². The molecule has 0 spiro atoms. The van der Waals surface area contributed by atoms with Crippen LogP contribution < -0.4 is 14.4 Å². The van der Waals surface area contributed by atoms with Crippen LogP contribution in [0.15, 0.2) is 108 Å². The smallest absolute Gasteiger partial charge is 0.264 e. The molecule has 1 N–H and O–H groups in total. The van der Waals surface area contributed by atoms with E-state index in [1.54, 1.807) is 49.6 Å². The number of nitrogens with one attached hydrogen (secondary N) is 1. The van der Waals surface area contributed by atoms with E-state index in [2.05, 4.69) is 5.32 Å². The Hall–Kier alpha value is -4.63. The van der Waals surface area contributed by atoms with Crippen LogP contribution in [-0.2, 0) is 32.6 Å². The second kappa shape index (κ2) is 16.0. The highest BCUT2D eigenvalue weighted by Crippen LogP contribution is 2.27. The van der Waals surface area contributed by atoms with E-state index in [0.29, 0.717) is 11.4 Å². The maximum Gasteiger partial charge on any atom is 0.264 e. The van der Waals surface area contributed by atoms with E-state index in [1.807, 2.05) is 74.5 Å². The molecule has 1 aliphatic rings. The summed E-state index contributed by atoms with van der Waals surface area (Å²) in [5.41, 5.74) is 3.80. The topological polar surface area (TPSA) is 96.0 Å². The number of anilines is 1. The van der Waals surface area contributed by atoms with E-state index in [-0.39, 0.29) is 29.8 Å². The molecular weight excluding hydrogens is 623 g/mol. The average molecular weight is 668 g/mol. The highest BCUT2D eigenvalue weighted by molar-refractivity contribution is 7.92. The van der Waals surface area contributed by atoms with Gasteiger partial charge in [-0.15, -0.1) is 0 Å². The molecule has 0 saturated heterocycles. The second-order valence-electron chi connectivity index (χ2n) is 12.6. The summed E-state index contributed by atoms with van der Waals surface area (Å²) in [7, 11) is -2.59. The number of carbonyl (C=O) groups excluding carboxylic acids is 2. The molecule has 1 aliphatic carbocycles. The lowest BCUT2D eigenvalue weighted by atomic mass is 9.94. The Morgan fingerprint density at radius 3 is 2.19 bits per heavy atom. The van der Waals surface area contributed by atoms with Gasteiger partial charge in [0.2, 0.25) is 11.8 Å². The van der Waals surface area contributed by atoms with E-state index >= 15 is 0 Å². The SMILES string of the molecule is COc1cccc(CN(C(=O)CN(c2cccc(C)c2)S(=O)(=O)c2ccc(C)cc2)[C@@H](Cc2ccccc2)C(=O)NC2CCCCC2)c1. The first-order valence-corrected chi connectivity index (χ1v) is 18.0. The lowest BCUT2D eigenvalue weighted by Gasteiger charge is -2.35. The number of amides is 2. The lowest BCUT2D eigenvalue weighted by molar-refractivity contribution is -0.140. The van der Waals surface area contributed by atoms with Gasteiger partial charge in [0.05, 0.1) is 17.7 Å². The quantitative estimate of drug-likeness (QED) is 0.174. The van der Waals surface area contributed by atoms with E-state index in [1.165, 1.54) is 4.90 Å². The molecule has 1 atom stereocenters. The van der Waals surface area contributed by atoms with Gasteiger partial charge in [-0.1, -0.05) is 91.6 Å². The molecule has 0 bridgehead atoms. The van der Waals surface area contributed by atoms with Gasteiger partial charge in [-0.25, -0.2) is 8.42 Å². The summed E-state index contributed by atoms with van der Waals surface area (Å²) >= 11 is 0. The first-order valence-electron chi connectivity index (χ1n) is 16.6. The second-order valence-corrected chi connectivity index (χ2v) is 14.4. The lowest BCUT2D eigenvalue weighted by Crippen LogP contribution is -2.55. The minimum Gasteiger partial charge on any atom is -0.497 e. The number of sulfonamides is 1. The van der Waals surface area contributed by atoms with Crippen LogP contribution >= 0.6 is 0 Å². The van der Waals surface area contributed by atoms with Crippen molar-refractivity contribution in [2.75, 3.05) is 18.0 Å². The monoisotopic (exact) mass is 667 g/mol. The van der Waals surface area contributed by atoms with Gasteiger partial charge in [0, 0.05) is 19.0 Å². The first-order chi connectivity index (χ1) is 23.1. The predicted octanol–water partition coefficient (Wildman–Crippen LogP) is 6.60. The molecule has 48 heavy (non-hydrogen) atoms. The summed E-state index contributed by atoms with van der Waals surface area (Å²) in [5.74, 6) is -0.116. The molecule has 4 aromatic carbocycles. The molecule has 8 nitrogen and oxygen atoms in total. The normalized spacial score (nSPS) is 14.1. The molecule has 1 fully saturated rings. The van der Waals surface area contributed by atoms with Crippen LogP contribution in [0.4, 0.5) is 5.69 Å². The number of aryl methyl sites for hydroxylation is 2. The molecule has 9 heteroatoms. The number of nitrogens with zero attached hydrogens (tertiary/aromatic N) is 2. The minimum atomic E-state index is -4.16. The van der Waals surface area contributed by atoms with Gasteiger partial charge in [0.25, 0.3) is 10.0 Å². The molecule has 0 aromatic heterocycles. The Morgan fingerprint density at radius 2 is 1.50 bits per heavy atom. The van der Waals surface area contributed by atoms with Crippen LogP contribution in [0.5, 0.6) is 5.75 Å². The Morgan fingerprint density at radius 1 is 0.812 bits per heavy atom. The van der Waals surface area contributed by atoms with Gasteiger partial charge in [0.1, 0.15) is 18.3 Å². The third-order valence-electron chi connectivity index (χ3n) is 8.89. The van der Waals surface area contributed by atoms with Crippen LogP contribution in [0.3, 0.4) is 0 Å². The van der Waals surface area contributed by atoms with E-state index < -0.39 is 28.5 Å². The van der Waals surface area contributed by atoms with Crippen molar-refractivity contribution in [3.05, 3.63) is 125 Å². The fraction of sp³-hybridized carbons (Fsp3) is 0.333. The van der Waals surface area contributed by atoms with Gasteiger partial charge in [-0.05, 0) is 79.8 Å². The summed E-state index contributed by atoms with van der Waals surface area (Å²) in [4.78, 5) is 30.6. The number of ether oxygens (including phenoxy) is 1. The summed E-state index contributed by atoms with van der Waals surface area (Å²) in [5, 5.41) is 3.25. The van der Waals surface area contributed by atoms with E-state index in [0.717, 1.165) is 58.7 Å². The van der Waals surface area contributed by atoms with E-state index in [4.69, 9.17) is 4.74 Å². The zero-order valence-corrected chi connectivity index (χ0v) is 28.8. The van der Waals surface area contributed by atoms with Crippen LogP contribution in [0, 0.1) is 13.8 Å². The standard InChI is InChI=1S/C39H45N3O5S/c1-29-20-22-36(23-21-29)48(45,46)42(34-18-10-12-30(2)24-34)28-38(43)41(27-32-15-11-19-35(25-32)47-3)37(26-31-13-6-4-7-14-31)39(44)40-33-16-8-5-9-17-33/h4,6-7,10-15,18-25,33,37H,5,8-9,16-17,26-28H2,1-3H3,(H,40,44)/t37-/m0/s1. The summed E-state index contributed by atoms with van der Waals surface area (Å²) in [6.45, 7) is 3.35. The Labute approximate surface area is 284 Å². The third kappa shape index (κ3) is 8.83.